The number of halogens is 3. The van der Waals surface area contributed by atoms with E-state index < -0.39 is 11.6 Å². The third kappa shape index (κ3) is 3.48. The summed E-state index contributed by atoms with van der Waals surface area (Å²) in [4.78, 5) is 13.8. The summed E-state index contributed by atoms with van der Waals surface area (Å²) in [6.07, 6.45) is 1.46. The van der Waals surface area contributed by atoms with Gasteiger partial charge in [-0.15, -0.1) is 11.6 Å². The lowest BCUT2D eigenvalue weighted by atomic mass is 9.93. The van der Waals surface area contributed by atoms with Gasteiger partial charge in [0, 0.05) is 24.0 Å². The van der Waals surface area contributed by atoms with Gasteiger partial charge in [-0.05, 0) is 37.8 Å². The number of rotatable bonds is 3. The number of piperidine rings is 1. The second-order valence-electron chi connectivity index (χ2n) is 5.27. The largest absolute Gasteiger partial charge is 0.342 e. The lowest BCUT2D eigenvalue weighted by Crippen LogP contribution is -2.40. The van der Waals surface area contributed by atoms with Crippen molar-refractivity contribution < 1.29 is 13.6 Å². The smallest absolute Gasteiger partial charge is 0.227 e. The standard InChI is InChI=1S/C15H18ClF2NO/c1-10(16)11-5-7-19(8-6-11)15(20)9-12-13(17)3-2-4-14(12)18/h2-4,10-11H,5-9H2,1H3. The molecule has 1 atom stereocenters. The SMILES string of the molecule is CC(Cl)C1CCN(C(=O)Cc2c(F)cccc2F)CC1. The summed E-state index contributed by atoms with van der Waals surface area (Å²) in [6.45, 7) is 3.17. The van der Waals surface area contributed by atoms with Gasteiger partial charge in [0.05, 0.1) is 6.42 Å². The van der Waals surface area contributed by atoms with Crippen molar-refractivity contribution in [3.05, 3.63) is 35.4 Å². The van der Waals surface area contributed by atoms with Crippen LogP contribution in [0.2, 0.25) is 0 Å². The van der Waals surface area contributed by atoms with Gasteiger partial charge < -0.3 is 4.90 Å². The summed E-state index contributed by atoms with van der Waals surface area (Å²) in [7, 11) is 0. The van der Waals surface area contributed by atoms with Crippen LogP contribution in [0.1, 0.15) is 25.3 Å². The van der Waals surface area contributed by atoms with Gasteiger partial charge >= 0.3 is 0 Å². The Morgan fingerprint density at radius 1 is 1.35 bits per heavy atom. The van der Waals surface area contributed by atoms with E-state index in [0.717, 1.165) is 12.8 Å². The molecule has 0 spiro atoms. The summed E-state index contributed by atoms with van der Waals surface area (Å²) in [5, 5.41) is 0.0938. The van der Waals surface area contributed by atoms with E-state index in [0.29, 0.717) is 19.0 Å². The number of amides is 1. The monoisotopic (exact) mass is 301 g/mol. The van der Waals surface area contributed by atoms with Crippen LogP contribution in [0.4, 0.5) is 8.78 Å². The molecule has 1 aromatic rings. The number of hydrogen-bond acceptors (Lipinski definition) is 1. The van der Waals surface area contributed by atoms with Crippen LogP contribution >= 0.6 is 11.6 Å². The molecule has 0 saturated carbocycles. The molecule has 1 fully saturated rings. The predicted octanol–water partition coefficient (Wildman–Crippen LogP) is 3.37. The van der Waals surface area contributed by atoms with Crippen LogP contribution in [0.3, 0.4) is 0 Å². The Bertz CT molecular complexity index is 465. The van der Waals surface area contributed by atoms with Crippen LogP contribution in [-0.4, -0.2) is 29.3 Å². The van der Waals surface area contributed by atoms with Crippen molar-refractivity contribution in [2.45, 2.75) is 31.6 Å². The third-order valence-corrected chi connectivity index (χ3v) is 4.29. The first-order valence-electron chi connectivity index (χ1n) is 6.83. The maximum absolute atomic E-state index is 13.5. The van der Waals surface area contributed by atoms with Gasteiger partial charge in [0.25, 0.3) is 0 Å². The normalized spacial score (nSPS) is 18.1. The molecule has 110 valence electrons. The highest BCUT2D eigenvalue weighted by Gasteiger charge is 2.26. The van der Waals surface area contributed by atoms with Gasteiger partial charge in [0.15, 0.2) is 0 Å². The van der Waals surface area contributed by atoms with E-state index in [1.807, 2.05) is 6.92 Å². The molecule has 1 aliphatic heterocycles. The summed E-state index contributed by atoms with van der Waals surface area (Å²) in [6, 6.07) is 3.65. The summed E-state index contributed by atoms with van der Waals surface area (Å²) in [5.74, 6) is -1.15. The Balaban J connectivity index is 1.96. The maximum Gasteiger partial charge on any atom is 0.227 e. The molecular weight excluding hydrogens is 284 g/mol. The summed E-state index contributed by atoms with van der Waals surface area (Å²) in [5.41, 5.74) is -0.148. The second-order valence-corrected chi connectivity index (χ2v) is 5.96. The van der Waals surface area contributed by atoms with E-state index in [2.05, 4.69) is 0 Å². The zero-order valence-electron chi connectivity index (χ0n) is 11.4. The van der Waals surface area contributed by atoms with E-state index in [-0.39, 0.29) is 23.3 Å². The van der Waals surface area contributed by atoms with E-state index >= 15 is 0 Å². The van der Waals surface area contributed by atoms with E-state index in [1.54, 1.807) is 4.90 Å². The fourth-order valence-corrected chi connectivity index (χ4v) is 2.82. The molecule has 0 N–H and O–H groups in total. The third-order valence-electron chi connectivity index (χ3n) is 3.93. The highest BCUT2D eigenvalue weighted by molar-refractivity contribution is 6.20. The highest BCUT2D eigenvalue weighted by Crippen LogP contribution is 2.24. The number of alkyl halides is 1. The van der Waals surface area contributed by atoms with Crippen molar-refractivity contribution >= 4 is 17.5 Å². The molecule has 1 amide bonds. The van der Waals surface area contributed by atoms with Crippen LogP contribution < -0.4 is 0 Å². The van der Waals surface area contributed by atoms with Gasteiger partial charge in [-0.25, -0.2) is 8.78 Å². The molecule has 20 heavy (non-hydrogen) atoms. The molecule has 1 saturated heterocycles. The number of benzene rings is 1. The molecule has 1 aromatic carbocycles. The van der Waals surface area contributed by atoms with E-state index in [1.165, 1.54) is 18.2 Å². The quantitative estimate of drug-likeness (QED) is 0.784. The van der Waals surface area contributed by atoms with Crippen molar-refractivity contribution in [3.63, 3.8) is 0 Å². The van der Waals surface area contributed by atoms with Crippen LogP contribution in [-0.2, 0) is 11.2 Å². The first-order chi connectivity index (χ1) is 9.49. The topological polar surface area (TPSA) is 20.3 Å². The number of likely N-dealkylation sites (tertiary alicyclic amines) is 1. The molecule has 1 heterocycles. The lowest BCUT2D eigenvalue weighted by molar-refractivity contribution is -0.131. The molecule has 1 unspecified atom stereocenters. The average molecular weight is 302 g/mol. The number of hydrogen-bond donors (Lipinski definition) is 0. The Morgan fingerprint density at radius 2 is 1.90 bits per heavy atom. The van der Waals surface area contributed by atoms with Crippen molar-refractivity contribution in [2.24, 2.45) is 5.92 Å². The first kappa shape index (κ1) is 15.2. The Hall–Kier alpha value is -1.16. The Kier molecular flexibility index (Phi) is 4.97. The molecule has 5 heteroatoms. The fraction of sp³-hybridized carbons (Fsp3) is 0.533. The summed E-state index contributed by atoms with van der Waals surface area (Å²) < 4.78 is 27.0. The van der Waals surface area contributed by atoms with Crippen molar-refractivity contribution in [1.29, 1.82) is 0 Å². The van der Waals surface area contributed by atoms with Crippen LogP contribution in [0, 0.1) is 17.6 Å². The van der Waals surface area contributed by atoms with Crippen LogP contribution in [0.15, 0.2) is 18.2 Å². The molecule has 0 bridgehead atoms. The van der Waals surface area contributed by atoms with Crippen LogP contribution in [0.25, 0.3) is 0 Å². The van der Waals surface area contributed by atoms with Crippen molar-refractivity contribution in [2.75, 3.05) is 13.1 Å². The lowest BCUT2D eigenvalue weighted by Gasteiger charge is -2.33. The Morgan fingerprint density at radius 3 is 2.40 bits per heavy atom. The number of nitrogens with zero attached hydrogens (tertiary/aromatic N) is 1. The molecule has 0 aliphatic carbocycles. The predicted molar refractivity (Wildman–Crippen MR) is 74.7 cm³/mol. The van der Waals surface area contributed by atoms with Crippen LogP contribution in [0.5, 0.6) is 0 Å². The molecular formula is C15H18ClF2NO. The average Bonchev–Trinajstić information content (AvgIpc) is 2.43. The molecule has 2 rings (SSSR count). The molecule has 2 nitrogen and oxygen atoms in total. The van der Waals surface area contributed by atoms with Gasteiger partial charge in [-0.2, -0.15) is 0 Å². The minimum atomic E-state index is -0.664. The minimum Gasteiger partial charge on any atom is -0.342 e. The van der Waals surface area contributed by atoms with Gasteiger partial charge in [-0.3, -0.25) is 4.79 Å². The highest BCUT2D eigenvalue weighted by atomic mass is 35.5. The molecule has 1 aliphatic rings. The zero-order chi connectivity index (χ0) is 14.7. The Labute approximate surface area is 122 Å². The number of carbonyl (C=O) groups excluding carboxylic acids is 1. The van der Waals surface area contributed by atoms with Crippen molar-refractivity contribution in [3.8, 4) is 0 Å². The summed E-state index contributed by atoms with van der Waals surface area (Å²) >= 11 is 6.05. The maximum atomic E-state index is 13.5. The van der Waals surface area contributed by atoms with Gasteiger partial charge in [-0.1, -0.05) is 6.07 Å². The molecule has 0 radical (unpaired) electrons. The van der Waals surface area contributed by atoms with Crippen molar-refractivity contribution in [1.82, 2.24) is 4.90 Å². The molecule has 0 aromatic heterocycles. The first-order valence-corrected chi connectivity index (χ1v) is 7.27. The van der Waals surface area contributed by atoms with E-state index in [4.69, 9.17) is 11.6 Å². The van der Waals surface area contributed by atoms with Gasteiger partial charge in [0.1, 0.15) is 11.6 Å². The minimum absolute atomic E-state index is 0.0938. The van der Waals surface area contributed by atoms with Gasteiger partial charge in [0.2, 0.25) is 5.91 Å². The van der Waals surface area contributed by atoms with E-state index in [9.17, 15) is 13.6 Å². The second kappa shape index (κ2) is 6.53. The zero-order valence-corrected chi connectivity index (χ0v) is 12.2. The number of carbonyl (C=O) groups is 1. The fourth-order valence-electron chi connectivity index (χ4n) is 2.57.